The van der Waals surface area contributed by atoms with Crippen molar-refractivity contribution < 1.29 is 9.72 Å². The van der Waals surface area contributed by atoms with Crippen molar-refractivity contribution in [2.24, 2.45) is 0 Å². The molecule has 0 fully saturated rings. The van der Waals surface area contributed by atoms with E-state index in [4.69, 9.17) is 0 Å². The van der Waals surface area contributed by atoms with Crippen LogP contribution in [0.2, 0.25) is 0 Å². The Bertz CT molecular complexity index is 587. The molecule has 0 amide bonds. The summed E-state index contributed by atoms with van der Waals surface area (Å²) in [4.78, 5) is 24.3. The van der Waals surface area contributed by atoms with E-state index in [2.05, 4.69) is 4.98 Å². The molecule has 2 rings (SSSR count). The molecule has 5 heteroatoms. The summed E-state index contributed by atoms with van der Waals surface area (Å²) in [6, 6.07) is 7.94. The molecule has 1 aromatic carbocycles. The van der Waals surface area contributed by atoms with Crippen molar-refractivity contribution in [3.8, 4) is 11.3 Å². The Labute approximate surface area is 97.2 Å². The maximum Gasteiger partial charge on any atom is 0.270 e. The molecular formula is C12H10N2O3. The van der Waals surface area contributed by atoms with Gasteiger partial charge < -0.3 is 4.98 Å². The zero-order valence-electron chi connectivity index (χ0n) is 9.14. The van der Waals surface area contributed by atoms with Crippen LogP contribution in [0, 0.1) is 10.1 Å². The van der Waals surface area contributed by atoms with E-state index >= 15 is 0 Å². The summed E-state index contributed by atoms with van der Waals surface area (Å²) in [6.07, 6.45) is 1.59. The summed E-state index contributed by atoms with van der Waals surface area (Å²) in [5.74, 6) is -0.0436. The summed E-state index contributed by atoms with van der Waals surface area (Å²) in [5.41, 5.74) is 1.97. The third kappa shape index (κ3) is 2.23. The molecule has 0 saturated carbocycles. The number of hydrogen-bond donors (Lipinski definition) is 1. The number of carbonyl (C=O) groups excluding carboxylic acids is 1. The number of aromatic amines is 1. The Morgan fingerprint density at radius 1 is 1.35 bits per heavy atom. The maximum absolute atomic E-state index is 11.1. The fraction of sp³-hybridized carbons (Fsp3) is 0.0833. The second-order valence-electron chi connectivity index (χ2n) is 3.67. The number of non-ortho nitro benzene ring substituents is 1. The van der Waals surface area contributed by atoms with Crippen molar-refractivity contribution in [1.29, 1.82) is 0 Å². The zero-order chi connectivity index (χ0) is 12.4. The first-order valence-corrected chi connectivity index (χ1v) is 5.02. The first kappa shape index (κ1) is 11.1. The molecule has 5 nitrogen and oxygen atoms in total. The number of carbonyl (C=O) groups is 1. The van der Waals surface area contributed by atoms with Crippen molar-refractivity contribution in [3.05, 3.63) is 52.2 Å². The summed E-state index contributed by atoms with van der Waals surface area (Å²) >= 11 is 0. The lowest BCUT2D eigenvalue weighted by molar-refractivity contribution is -0.384. The van der Waals surface area contributed by atoms with Gasteiger partial charge in [0.15, 0.2) is 5.78 Å². The summed E-state index contributed by atoms with van der Waals surface area (Å²) in [7, 11) is 0. The van der Waals surface area contributed by atoms with Crippen molar-refractivity contribution in [2.75, 3.05) is 0 Å². The van der Waals surface area contributed by atoms with Gasteiger partial charge in [-0.05, 0) is 13.0 Å². The van der Waals surface area contributed by atoms with Crippen LogP contribution in [0.5, 0.6) is 0 Å². The van der Waals surface area contributed by atoms with Gasteiger partial charge in [-0.25, -0.2) is 0 Å². The number of Topliss-reactive ketones (excluding diaryl/α,β-unsaturated/α-hetero) is 1. The van der Waals surface area contributed by atoms with E-state index in [0.717, 1.165) is 0 Å². The van der Waals surface area contributed by atoms with Gasteiger partial charge in [0.05, 0.1) is 4.92 Å². The molecule has 1 aromatic heterocycles. The number of nitrogens with zero attached hydrogens (tertiary/aromatic N) is 1. The monoisotopic (exact) mass is 230 g/mol. The van der Waals surface area contributed by atoms with Gasteiger partial charge in [0.25, 0.3) is 5.69 Å². The van der Waals surface area contributed by atoms with Gasteiger partial charge in [-0.1, -0.05) is 12.1 Å². The maximum atomic E-state index is 11.1. The minimum atomic E-state index is -0.446. The fourth-order valence-corrected chi connectivity index (χ4v) is 1.55. The Kier molecular flexibility index (Phi) is 2.74. The van der Waals surface area contributed by atoms with Gasteiger partial charge in [-0.3, -0.25) is 14.9 Å². The van der Waals surface area contributed by atoms with Crippen molar-refractivity contribution in [3.63, 3.8) is 0 Å². The fourth-order valence-electron chi connectivity index (χ4n) is 1.55. The van der Waals surface area contributed by atoms with Gasteiger partial charge in [0.2, 0.25) is 0 Å². The van der Waals surface area contributed by atoms with E-state index < -0.39 is 4.92 Å². The predicted molar refractivity (Wildman–Crippen MR) is 62.9 cm³/mol. The van der Waals surface area contributed by atoms with Crippen LogP contribution in [0.1, 0.15) is 17.3 Å². The highest BCUT2D eigenvalue weighted by Gasteiger charge is 2.09. The minimum Gasteiger partial charge on any atom is -0.360 e. The van der Waals surface area contributed by atoms with E-state index in [1.807, 2.05) is 0 Å². The molecule has 0 aliphatic heterocycles. The van der Waals surface area contributed by atoms with Gasteiger partial charge in [0, 0.05) is 35.2 Å². The van der Waals surface area contributed by atoms with E-state index in [-0.39, 0.29) is 11.5 Å². The lowest BCUT2D eigenvalue weighted by Crippen LogP contribution is -1.88. The van der Waals surface area contributed by atoms with E-state index in [1.54, 1.807) is 24.4 Å². The van der Waals surface area contributed by atoms with E-state index in [1.165, 1.54) is 19.1 Å². The lowest BCUT2D eigenvalue weighted by Gasteiger charge is -1.97. The molecule has 17 heavy (non-hydrogen) atoms. The minimum absolute atomic E-state index is 0.0291. The molecule has 0 aliphatic rings. The topological polar surface area (TPSA) is 76.0 Å². The Balaban J connectivity index is 2.42. The third-order valence-electron chi connectivity index (χ3n) is 2.46. The van der Waals surface area contributed by atoms with Gasteiger partial charge >= 0.3 is 0 Å². The van der Waals surface area contributed by atoms with Gasteiger partial charge in [0.1, 0.15) is 0 Å². The van der Waals surface area contributed by atoms with Crippen LogP contribution in [0.25, 0.3) is 11.3 Å². The van der Waals surface area contributed by atoms with Crippen LogP contribution in [-0.4, -0.2) is 15.7 Å². The first-order valence-electron chi connectivity index (χ1n) is 5.02. The molecule has 0 unspecified atom stereocenters. The summed E-state index contributed by atoms with van der Waals surface area (Å²) < 4.78 is 0. The normalized spacial score (nSPS) is 10.2. The second kappa shape index (κ2) is 4.21. The van der Waals surface area contributed by atoms with Crippen molar-refractivity contribution in [2.45, 2.75) is 6.92 Å². The number of ketones is 1. The molecule has 0 bridgehead atoms. The number of aromatic nitrogens is 1. The van der Waals surface area contributed by atoms with E-state index in [9.17, 15) is 14.9 Å². The van der Waals surface area contributed by atoms with Crippen LogP contribution >= 0.6 is 0 Å². The van der Waals surface area contributed by atoms with E-state index in [0.29, 0.717) is 16.8 Å². The van der Waals surface area contributed by atoms with Crippen LogP contribution in [0.3, 0.4) is 0 Å². The van der Waals surface area contributed by atoms with Crippen LogP contribution < -0.4 is 0 Å². The lowest BCUT2D eigenvalue weighted by atomic mass is 10.1. The molecule has 0 aliphatic carbocycles. The number of nitro benzene ring substituents is 1. The van der Waals surface area contributed by atoms with Gasteiger partial charge in [-0.15, -0.1) is 0 Å². The largest absolute Gasteiger partial charge is 0.360 e. The number of rotatable bonds is 3. The smallest absolute Gasteiger partial charge is 0.270 e. The molecule has 0 radical (unpaired) electrons. The Morgan fingerprint density at radius 3 is 2.71 bits per heavy atom. The predicted octanol–water partition coefficient (Wildman–Crippen LogP) is 2.79. The van der Waals surface area contributed by atoms with Crippen molar-refractivity contribution in [1.82, 2.24) is 4.98 Å². The summed E-state index contributed by atoms with van der Waals surface area (Å²) in [5, 5.41) is 10.6. The number of benzene rings is 1. The first-order chi connectivity index (χ1) is 8.08. The van der Waals surface area contributed by atoms with Crippen LogP contribution in [0.4, 0.5) is 5.69 Å². The standard InChI is InChI=1S/C12H10N2O3/c1-8(15)10-6-12(13-7-10)9-3-2-4-11(5-9)14(16)17/h2-7,13H,1H3. The molecule has 86 valence electrons. The quantitative estimate of drug-likeness (QED) is 0.500. The van der Waals surface area contributed by atoms with Crippen molar-refractivity contribution >= 4 is 11.5 Å². The number of H-pyrrole nitrogens is 1. The molecule has 0 saturated heterocycles. The molecule has 0 spiro atoms. The SMILES string of the molecule is CC(=O)c1c[nH]c(-c2cccc([N+](=O)[O-])c2)c1. The average Bonchev–Trinajstić information content (AvgIpc) is 2.78. The summed E-state index contributed by atoms with van der Waals surface area (Å²) in [6.45, 7) is 1.47. The van der Waals surface area contributed by atoms with Crippen LogP contribution in [0.15, 0.2) is 36.5 Å². The number of nitrogens with one attached hydrogen (secondary N) is 1. The van der Waals surface area contributed by atoms with Gasteiger partial charge in [-0.2, -0.15) is 0 Å². The molecule has 0 atom stereocenters. The zero-order valence-corrected chi connectivity index (χ0v) is 9.14. The number of hydrogen-bond acceptors (Lipinski definition) is 3. The molecular weight excluding hydrogens is 220 g/mol. The second-order valence-corrected chi connectivity index (χ2v) is 3.67. The third-order valence-corrected chi connectivity index (χ3v) is 2.46. The highest BCUT2D eigenvalue weighted by molar-refractivity contribution is 5.95. The average molecular weight is 230 g/mol. The molecule has 1 N–H and O–H groups in total. The number of nitro groups is 1. The highest BCUT2D eigenvalue weighted by Crippen LogP contribution is 2.23. The highest BCUT2D eigenvalue weighted by atomic mass is 16.6. The Morgan fingerprint density at radius 2 is 2.12 bits per heavy atom. The molecule has 1 heterocycles. The van der Waals surface area contributed by atoms with Crippen LogP contribution in [-0.2, 0) is 0 Å². The molecule has 2 aromatic rings. The Hall–Kier alpha value is -2.43.